The van der Waals surface area contributed by atoms with Crippen molar-refractivity contribution in [3.63, 3.8) is 0 Å². The Bertz CT molecular complexity index is 83.7. The molecule has 1 aliphatic heterocycles. The van der Waals surface area contributed by atoms with Crippen LogP contribution in [0.5, 0.6) is 0 Å². The van der Waals surface area contributed by atoms with E-state index in [-0.39, 0.29) is 0 Å². The third-order valence-corrected chi connectivity index (χ3v) is 2.77. The van der Waals surface area contributed by atoms with Gasteiger partial charge in [0.2, 0.25) is 0 Å². The Labute approximate surface area is 66.5 Å². The van der Waals surface area contributed by atoms with Crippen LogP contribution >= 0.6 is 11.8 Å². The van der Waals surface area contributed by atoms with Crippen molar-refractivity contribution in [1.29, 1.82) is 0 Å². The van der Waals surface area contributed by atoms with Gasteiger partial charge in [0.15, 0.2) is 0 Å². The number of hydrogen-bond donors (Lipinski definition) is 1. The molecule has 1 unspecified atom stereocenters. The largest absolute Gasteiger partial charge is 0.376 e. The van der Waals surface area contributed by atoms with Gasteiger partial charge in [0.25, 0.3) is 0 Å². The molecule has 1 saturated heterocycles. The fourth-order valence-electron chi connectivity index (χ4n) is 1.08. The molecule has 60 valence electrons. The second-order valence-corrected chi connectivity index (χ2v) is 3.65. The summed E-state index contributed by atoms with van der Waals surface area (Å²) in [6, 6.07) is 0. The van der Waals surface area contributed by atoms with Crippen molar-refractivity contribution in [2.75, 3.05) is 24.7 Å². The van der Waals surface area contributed by atoms with Crippen LogP contribution in [0.3, 0.4) is 0 Å². The lowest BCUT2D eigenvalue weighted by Crippen LogP contribution is -2.23. The second-order valence-electron chi connectivity index (χ2n) is 2.50. The fourth-order valence-corrected chi connectivity index (χ4v) is 2.14. The van der Waals surface area contributed by atoms with E-state index in [1.807, 2.05) is 11.8 Å². The zero-order valence-corrected chi connectivity index (χ0v) is 7.03. The summed E-state index contributed by atoms with van der Waals surface area (Å²) < 4.78 is 5.49. The number of hydrogen-bond acceptors (Lipinski definition) is 3. The van der Waals surface area contributed by atoms with E-state index < -0.39 is 0 Å². The van der Waals surface area contributed by atoms with Gasteiger partial charge >= 0.3 is 0 Å². The highest BCUT2D eigenvalue weighted by molar-refractivity contribution is 7.99. The average molecular weight is 161 g/mol. The van der Waals surface area contributed by atoms with E-state index in [2.05, 4.69) is 0 Å². The molecule has 0 aliphatic carbocycles. The van der Waals surface area contributed by atoms with Crippen LogP contribution in [0.2, 0.25) is 0 Å². The minimum absolute atomic E-state index is 0.488. The van der Waals surface area contributed by atoms with E-state index in [1.165, 1.54) is 24.3 Å². The smallest absolute Gasteiger partial charge is 0.0666 e. The van der Waals surface area contributed by atoms with Crippen LogP contribution in [0.1, 0.15) is 12.8 Å². The highest BCUT2D eigenvalue weighted by Gasteiger charge is 2.12. The minimum Gasteiger partial charge on any atom is -0.376 e. The summed E-state index contributed by atoms with van der Waals surface area (Å²) >= 11 is 1.99. The summed E-state index contributed by atoms with van der Waals surface area (Å²) in [6.45, 7) is 1.38. The van der Waals surface area contributed by atoms with E-state index in [9.17, 15) is 0 Å². The SMILES string of the molecule is NCCOC1CCCSC1. The molecule has 1 atom stereocenters. The van der Waals surface area contributed by atoms with Crippen molar-refractivity contribution < 1.29 is 4.74 Å². The van der Waals surface area contributed by atoms with Crippen LogP contribution in [-0.2, 0) is 4.74 Å². The summed E-state index contributed by atoms with van der Waals surface area (Å²) in [5.74, 6) is 2.47. The van der Waals surface area contributed by atoms with Crippen LogP contribution in [0.25, 0.3) is 0 Å². The van der Waals surface area contributed by atoms with E-state index in [4.69, 9.17) is 10.5 Å². The summed E-state index contributed by atoms with van der Waals surface area (Å²) in [6.07, 6.45) is 3.02. The highest BCUT2D eigenvalue weighted by atomic mass is 32.2. The Kier molecular flexibility index (Phi) is 4.18. The Balaban J connectivity index is 2.02. The van der Waals surface area contributed by atoms with Gasteiger partial charge in [-0.05, 0) is 18.6 Å². The maximum absolute atomic E-state index is 5.49. The predicted molar refractivity (Wildman–Crippen MR) is 45.4 cm³/mol. The first-order chi connectivity index (χ1) is 4.93. The zero-order chi connectivity index (χ0) is 7.23. The average Bonchev–Trinajstić information content (AvgIpc) is 2.03. The number of nitrogens with two attached hydrogens (primary N) is 1. The molecule has 1 heterocycles. The summed E-state index contributed by atoms with van der Waals surface area (Å²) in [5.41, 5.74) is 5.31. The molecule has 0 bridgehead atoms. The first-order valence-corrected chi connectivity index (χ1v) is 4.98. The Morgan fingerprint density at radius 1 is 1.60 bits per heavy atom. The Morgan fingerprint density at radius 2 is 2.50 bits per heavy atom. The molecule has 1 fully saturated rings. The molecule has 1 rings (SSSR count). The number of rotatable bonds is 3. The Hall–Kier alpha value is 0.270. The second kappa shape index (κ2) is 4.99. The lowest BCUT2D eigenvalue weighted by Gasteiger charge is -2.21. The zero-order valence-electron chi connectivity index (χ0n) is 6.21. The van der Waals surface area contributed by atoms with Crippen molar-refractivity contribution in [3.8, 4) is 0 Å². The maximum Gasteiger partial charge on any atom is 0.0666 e. The molecule has 0 aromatic heterocycles. The van der Waals surface area contributed by atoms with Crippen molar-refractivity contribution in [1.82, 2.24) is 0 Å². The molecule has 2 N–H and O–H groups in total. The first kappa shape index (κ1) is 8.37. The molecule has 0 spiro atoms. The summed E-state index contributed by atoms with van der Waals surface area (Å²) in [4.78, 5) is 0. The van der Waals surface area contributed by atoms with Gasteiger partial charge in [0.05, 0.1) is 12.7 Å². The molecule has 10 heavy (non-hydrogen) atoms. The minimum atomic E-state index is 0.488. The summed E-state index contributed by atoms with van der Waals surface area (Å²) in [5, 5.41) is 0. The third kappa shape index (κ3) is 2.90. The molecule has 0 aromatic rings. The molecular weight excluding hydrogens is 146 g/mol. The third-order valence-electron chi connectivity index (χ3n) is 1.59. The van der Waals surface area contributed by atoms with Crippen molar-refractivity contribution in [2.45, 2.75) is 18.9 Å². The van der Waals surface area contributed by atoms with Crippen molar-refractivity contribution in [3.05, 3.63) is 0 Å². The van der Waals surface area contributed by atoms with Gasteiger partial charge in [-0.3, -0.25) is 0 Å². The van der Waals surface area contributed by atoms with E-state index in [0.717, 1.165) is 6.61 Å². The predicted octanol–water partition coefficient (Wildman–Crippen LogP) is 0.857. The van der Waals surface area contributed by atoms with Crippen molar-refractivity contribution >= 4 is 11.8 Å². The van der Waals surface area contributed by atoms with E-state index >= 15 is 0 Å². The standard InChI is InChI=1S/C7H15NOS/c8-3-4-9-7-2-1-5-10-6-7/h7H,1-6,8H2. The first-order valence-electron chi connectivity index (χ1n) is 3.83. The maximum atomic E-state index is 5.49. The molecule has 1 aliphatic rings. The molecule has 2 nitrogen and oxygen atoms in total. The lowest BCUT2D eigenvalue weighted by molar-refractivity contribution is 0.0671. The van der Waals surface area contributed by atoms with Crippen LogP contribution < -0.4 is 5.73 Å². The Morgan fingerprint density at radius 3 is 3.10 bits per heavy atom. The molecule has 0 aromatic carbocycles. The number of thioether (sulfide) groups is 1. The van der Waals surface area contributed by atoms with E-state index in [1.54, 1.807) is 0 Å². The van der Waals surface area contributed by atoms with Crippen LogP contribution in [0, 0.1) is 0 Å². The number of ether oxygens (including phenoxy) is 1. The molecule has 0 saturated carbocycles. The molecule has 0 radical (unpaired) electrons. The monoisotopic (exact) mass is 161 g/mol. The fraction of sp³-hybridized carbons (Fsp3) is 1.00. The van der Waals surface area contributed by atoms with Crippen LogP contribution in [0.15, 0.2) is 0 Å². The van der Waals surface area contributed by atoms with Gasteiger partial charge in [0.1, 0.15) is 0 Å². The van der Waals surface area contributed by atoms with Crippen molar-refractivity contribution in [2.24, 2.45) is 5.73 Å². The summed E-state index contributed by atoms with van der Waals surface area (Å²) in [7, 11) is 0. The highest BCUT2D eigenvalue weighted by Crippen LogP contribution is 2.18. The molecular formula is C7H15NOS. The van der Waals surface area contributed by atoms with Gasteiger partial charge in [-0.15, -0.1) is 0 Å². The van der Waals surface area contributed by atoms with Crippen LogP contribution in [-0.4, -0.2) is 30.8 Å². The topological polar surface area (TPSA) is 35.2 Å². The van der Waals surface area contributed by atoms with Gasteiger partial charge in [-0.1, -0.05) is 0 Å². The quantitative estimate of drug-likeness (QED) is 0.666. The van der Waals surface area contributed by atoms with Gasteiger partial charge in [0, 0.05) is 12.3 Å². The van der Waals surface area contributed by atoms with Gasteiger partial charge in [-0.25, -0.2) is 0 Å². The van der Waals surface area contributed by atoms with E-state index in [0.29, 0.717) is 12.6 Å². The van der Waals surface area contributed by atoms with Gasteiger partial charge < -0.3 is 10.5 Å². The molecule has 3 heteroatoms. The van der Waals surface area contributed by atoms with Crippen LogP contribution in [0.4, 0.5) is 0 Å². The van der Waals surface area contributed by atoms with Gasteiger partial charge in [-0.2, -0.15) is 11.8 Å². The molecule has 0 amide bonds. The normalized spacial score (nSPS) is 26.7. The lowest BCUT2D eigenvalue weighted by atomic mass is 10.2.